The molecular formula is C20H16F3N3O5S2. The second-order valence-corrected chi connectivity index (χ2v) is 9.36. The highest BCUT2D eigenvalue weighted by atomic mass is 32.2. The highest BCUT2D eigenvalue weighted by Gasteiger charge is 2.32. The second kappa shape index (κ2) is 9.67. The molecule has 0 spiro atoms. The Morgan fingerprint density at radius 3 is 2.58 bits per heavy atom. The Kier molecular flexibility index (Phi) is 7.12. The van der Waals surface area contributed by atoms with Gasteiger partial charge in [0.25, 0.3) is 5.56 Å². The van der Waals surface area contributed by atoms with Gasteiger partial charge in [0.2, 0.25) is 15.7 Å². The van der Waals surface area contributed by atoms with Gasteiger partial charge in [-0.05, 0) is 30.3 Å². The zero-order valence-corrected chi connectivity index (χ0v) is 18.5. The maximum absolute atomic E-state index is 12.9. The van der Waals surface area contributed by atoms with Gasteiger partial charge in [-0.3, -0.25) is 9.59 Å². The molecule has 0 saturated carbocycles. The van der Waals surface area contributed by atoms with E-state index in [4.69, 9.17) is 4.74 Å². The summed E-state index contributed by atoms with van der Waals surface area (Å²) >= 11 is 0.839. The largest absolute Gasteiger partial charge is 0.497 e. The van der Waals surface area contributed by atoms with Crippen molar-refractivity contribution < 1.29 is 31.1 Å². The Morgan fingerprint density at radius 1 is 1.18 bits per heavy atom. The number of methoxy groups -OCH3 is 1. The number of carbonyl (C=O) groups is 1. The smallest absolute Gasteiger partial charge is 0.416 e. The summed E-state index contributed by atoms with van der Waals surface area (Å²) in [4.78, 5) is 29.0. The number of sulfone groups is 1. The normalized spacial score (nSPS) is 11.8. The van der Waals surface area contributed by atoms with Crippen LogP contribution in [-0.4, -0.2) is 37.2 Å². The maximum atomic E-state index is 12.9. The van der Waals surface area contributed by atoms with Crippen LogP contribution in [-0.2, 0) is 20.8 Å². The average Bonchev–Trinajstić information content (AvgIpc) is 2.77. The summed E-state index contributed by atoms with van der Waals surface area (Å²) in [5, 5.41) is 2.59. The third-order valence-electron chi connectivity index (χ3n) is 4.20. The number of alkyl halides is 3. The van der Waals surface area contributed by atoms with E-state index in [-0.39, 0.29) is 10.9 Å². The molecule has 1 heterocycles. The van der Waals surface area contributed by atoms with E-state index in [0.29, 0.717) is 17.5 Å². The molecule has 0 aliphatic carbocycles. The van der Waals surface area contributed by atoms with Crippen molar-refractivity contribution in [3.63, 3.8) is 0 Å². The number of hydrogen-bond donors (Lipinski definition) is 2. The van der Waals surface area contributed by atoms with Crippen molar-refractivity contribution in [1.29, 1.82) is 0 Å². The van der Waals surface area contributed by atoms with Crippen molar-refractivity contribution in [2.75, 3.05) is 18.2 Å². The molecule has 0 bridgehead atoms. The van der Waals surface area contributed by atoms with Crippen LogP contribution in [0.3, 0.4) is 0 Å². The summed E-state index contributed by atoms with van der Waals surface area (Å²) in [5.41, 5.74) is -1.75. The van der Waals surface area contributed by atoms with Crippen LogP contribution in [0.2, 0.25) is 0 Å². The topological polar surface area (TPSA) is 118 Å². The molecule has 0 fully saturated rings. The first-order chi connectivity index (χ1) is 15.5. The lowest BCUT2D eigenvalue weighted by atomic mass is 10.2. The Bertz CT molecular complexity index is 1340. The third-order valence-corrected chi connectivity index (χ3v) is 6.83. The lowest BCUT2D eigenvalue weighted by molar-refractivity contribution is -0.137. The number of thioether (sulfide) groups is 1. The van der Waals surface area contributed by atoms with E-state index in [2.05, 4.69) is 15.3 Å². The van der Waals surface area contributed by atoms with Gasteiger partial charge in [-0.25, -0.2) is 13.4 Å². The van der Waals surface area contributed by atoms with Crippen LogP contribution >= 0.6 is 11.8 Å². The number of nitrogens with one attached hydrogen (secondary N) is 2. The zero-order chi connectivity index (χ0) is 24.2. The first-order valence-electron chi connectivity index (χ1n) is 9.09. The molecule has 13 heteroatoms. The molecule has 0 saturated heterocycles. The average molecular weight is 499 g/mol. The van der Waals surface area contributed by atoms with Crippen molar-refractivity contribution >= 4 is 33.2 Å². The van der Waals surface area contributed by atoms with Crippen LogP contribution in [0.15, 0.2) is 74.5 Å². The SMILES string of the molecule is COc1cccc(NC(=O)CSc2ncc(S(=O)(=O)c3cccc(C(F)(F)F)c3)c(=O)[nH]2)c1. The number of ether oxygens (including phenoxy) is 1. The molecule has 2 aromatic carbocycles. The van der Waals surface area contributed by atoms with E-state index in [0.717, 1.165) is 36.2 Å². The van der Waals surface area contributed by atoms with Gasteiger partial charge in [0, 0.05) is 11.8 Å². The van der Waals surface area contributed by atoms with E-state index >= 15 is 0 Å². The molecule has 2 N–H and O–H groups in total. The summed E-state index contributed by atoms with van der Waals surface area (Å²) in [6.07, 6.45) is -4.00. The third kappa shape index (κ3) is 5.93. The fraction of sp³-hybridized carbons (Fsp3) is 0.150. The van der Waals surface area contributed by atoms with E-state index in [1.807, 2.05) is 0 Å². The van der Waals surface area contributed by atoms with Gasteiger partial charge in [-0.2, -0.15) is 13.2 Å². The minimum Gasteiger partial charge on any atom is -0.497 e. The molecule has 8 nitrogen and oxygen atoms in total. The standard InChI is InChI=1S/C20H16F3N3O5S2/c1-31-14-6-3-5-13(9-14)25-17(27)11-32-19-24-10-16(18(28)26-19)33(29,30)15-7-2-4-12(8-15)20(21,22)23/h2-10H,11H2,1H3,(H,25,27)(H,24,26,28). The van der Waals surface area contributed by atoms with Crippen LogP contribution in [0, 0.1) is 0 Å². The van der Waals surface area contributed by atoms with Crippen molar-refractivity contribution in [1.82, 2.24) is 9.97 Å². The van der Waals surface area contributed by atoms with Gasteiger partial charge in [0.1, 0.15) is 5.75 Å². The van der Waals surface area contributed by atoms with Crippen molar-refractivity contribution in [3.05, 3.63) is 70.6 Å². The van der Waals surface area contributed by atoms with Gasteiger partial charge >= 0.3 is 6.18 Å². The fourth-order valence-corrected chi connectivity index (χ4v) is 4.54. The summed E-state index contributed by atoms with van der Waals surface area (Å²) < 4.78 is 69.1. The Balaban J connectivity index is 1.73. The number of carbonyl (C=O) groups excluding carboxylic acids is 1. The Hall–Kier alpha value is -3.32. The predicted octanol–water partition coefficient (Wildman–Crippen LogP) is 3.36. The van der Waals surface area contributed by atoms with E-state index < -0.39 is 42.8 Å². The van der Waals surface area contributed by atoms with Gasteiger partial charge in [0.15, 0.2) is 10.1 Å². The highest BCUT2D eigenvalue weighted by Crippen LogP contribution is 2.31. The van der Waals surface area contributed by atoms with Crippen LogP contribution in [0.1, 0.15) is 5.56 Å². The minimum atomic E-state index is -4.75. The molecule has 3 rings (SSSR count). The summed E-state index contributed by atoms with van der Waals surface area (Å²) in [6, 6.07) is 9.70. The molecule has 33 heavy (non-hydrogen) atoms. The number of anilines is 1. The van der Waals surface area contributed by atoms with Crippen molar-refractivity contribution in [2.24, 2.45) is 0 Å². The number of aromatic amines is 1. The maximum Gasteiger partial charge on any atom is 0.416 e. The van der Waals surface area contributed by atoms with Crippen molar-refractivity contribution in [2.45, 2.75) is 21.1 Å². The number of halogens is 3. The molecule has 0 radical (unpaired) electrons. The van der Waals surface area contributed by atoms with Gasteiger partial charge < -0.3 is 15.0 Å². The second-order valence-electron chi connectivity index (χ2n) is 6.48. The molecule has 0 unspecified atom stereocenters. The first kappa shape index (κ1) is 24.3. The summed E-state index contributed by atoms with van der Waals surface area (Å²) in [6.45, 7) is 0. The number of H-pyrrole nitrogens is 1. The molecule has 0 atom stereocenters. The molecule has 3 aromatic rings. The molecule has 1 amide bonds. The predicted molar refractivity (Wildman–Crippen MR) is 114 cm³/mol. The van der Waals surface area contributed by atoms with Gasteiger partial charge in [-0.1, -0.05) is 23.9 Å². The van der Waals surface area contributed by atoms with E-state index in [1.54, 1.807) is 24.3 Å². The van der Waals surface area contributed by atoms with Crippen molar-refractivity contribution in [3.8, 4) is 5.75 Å². The Labute approximate surface area is 190 Å². The zero-order valence-electron chi connectivity index (χ0n) is 16.8. The number of aromatic nitrogens is 2. The first-order valence-corrected chi connectivity index (χ1v) is 11.6. The molecular weight excluding hydrogens is 483 g/mol. The number of hydrogen-bond acceptors (Lipinski definition) is 7. The van der Waals surface area contributed by atoms with E-state index in [9.17, 15) is 31.2 Å². The number of nitrogens with zero attached hydrogens (tertiary/aromatic N) is 1. The summed E-state index contributed by atoms with van der Waals surface area (Å²) in [5.74, 6) is -0.0274. The molecule has 0 aliphatic heterocycles. The van der Waals surface area contributed by atoms with E-state index in [1.165, 1.54) is 7.11 Å². The Morgan fingerprint density at radius 2 is 1.91 bits per heavy atom. The van der Waals surface area contributed by atoms with Crippen LogP contribution in [0.25, 0.3) is 0 Å². The molecule has 174 valence electrons. The quantitative estimate of drug-likeness (QED) is 0.378. The summed E-state index contributed by atoms with van der Waals surface area (Å²) in [7, 11) is -3.07. The lowest BCUT2D eigenvalue weighted by Gasteiger charge is -2.09. The fourth-order valence-electron chi connectivity index (χ4n) is 2.63. The van der Waals surface area contributed by atoms with Crippen LogP contribution in [0.5, 0.6) is 5.75 Å². The van der Waals surface area contributed by atoms with Crippen LogP contribution < -0.4 is 15.6 Å². The lowest BCUT2D eigenvalue weighted by Crippen LogP contribution is -2.20. The van der Waals surface area contributed by atoms with Gasteiger partial charge in [-0.15, -0.1) is 0 Å². The monoisotopic (exact) mass is 499 g/mol. The van der Waals surface area contributed by atoms with Crippen LogP contribution in [0.4, 0.5) is 18.9 Å². The minimum absolute atomic E-state index is 0.0382. The number of amides is 1. The highest BCUT2D eigenvalue weighted by molar-refractivity contribution is 7.99. The number of rotatable bonds is 7. The molecule has 1 aromatic heterocycles. The number of benzene rings is 2. The molecule has 0 aliphatic rings. The van der Waals surface area contributed by atoms with Gasteiger partial charge in [0.05, 0.1) is 29.5 Å².